The van der Waals surface area contributed by atoms with Gasteiger partial charge in [0.1, 0.15) is 0 Å². The molecule has 0 aromatic carbocycles. The van der Waals surface area contributed by atoms with Crippen LogP contribution in [-0.2, 0) is 6.42 Å². The van der Waals surface area contributed by atoms with Gasteiger partial charge in [-0.05, 0) is 12.5 Å². The van der Waals surface area contributed by atoms with Gasteiger partial charge in [0.05, 0.1) is 5.52 Å². The van der Waals surface area contributed by atoms with Gasteiger partial charge in [0.2, 0.25) is 0 Å². The number of pyridine rings is 1. The molecule has 0 bridgehead atoms. The van der Waals surface area contributed by atoms with Crippen molar-refractivity contribution >= 4 is 5.52 Å². The predicted octanol–water partition coefficient (Wildman–Crippen LogP) is 1.19. The smallest absolute Gasteiger partial charge is 0.182 e. The van der Waals surface area contributed by atoms with Crippen molar-refractivity contribution in [2.75, 3.05) is 0 Å². The van der Waals surface area contributed by atoms with E-state index in [1.807, 2.05) is 23.7 Å². The van der Waals surface area contributed by atoms with E-state index < -0.39 is 0 Å². The first-order valence-corrected chi connectivity index (χ1v) is 4.00. The summed E-state index contributed by atoms with van der Waals surface area (Å²) in [5.41, 5.74) is 2.02. The summed E-state index contributed by atoms with van der Waals surface area (Å²) in [5.74, 6) is 0. The third kappa shape index (κ3) is 0.942. The summed E-state index contributed by atoms with van der Waals surface area (Å²) >= 11 is 0. The van der Waals surface area contributed by atoms with Crippen LogP contribution in [0.4, 0.5) is 0 Å². The molecule has 0 aliphatic heterocycles. The van der Waals surface area contributed by atoms with E-state index in [1.54, 1.807) is 12.1 Å². The highest BCUT2D eigenvalue weighted by Gasteiger charge is 1.98. The molecule has 1 N–H and O–H groups in total. The molecule has 2 aromatic heterocycles. The molecule has 62 valence electrons. The van der Waals surface area contributed by atoms with E-state index in [1.165, 1.54) is 0 Å². The summed E-state index contributed by atoms with van der Waals surface area (Å²) < 4.78 is 1.92. The first kappa shape index (κ1) is 7.16. The van der Waals surface area contributed by atoms with Gasteiger partial charge in [-0.2, -0.15) is 0 Å². The van der Waals surface area contributed by atoms with E-state index in [0.717, 1.165) is 17.6 Å². The Kier molecular flexibility index (Phi) is 1.50. The lowest BCUT2D eigenvalue weighted by molar-refractivity contribution is 0.862. The molecule has 2 heterocycles. The maximum atomic E-state index is 11.1. The minimum absolute atomic E-state index is 0.0754. The number of nitrogens with one attached hydrogen (secondary N) is 1. The Morgan fingerprint density at radius 3 is 3.08 bits per heavy atom. The van der Waals surface area contributed by atoms with Crippen LogP contribution in [0.3, 0.4) is 0 Å². The van der Waals surface area contributed by atoms with Crippen LogP contribution in [0.25, 0.3) is 5.52 Å². The van der Waals surface area contributed by atoms with Crippen LogP contribution in [0.1, 0.15) is 12.6 Å². The number of aryl methyl sites for hydroxylation is 1. The van der Waals surface area contributed by atoms with E-state index >= 15 is 0 Å². The van der Waals surface area contributed by atoms with Crippen LogP contribution in [-0.4, -0.2) is 9.61 Å². The molecule has 0 atom stereocenters. The van der Waals surface area contributed by atoms with Crippen molar-refractivity contribution in [3.8, 4) is 0 Å². The molecule has 0 aliphatic rings. The molecule has 0 saturated carbocycles. The summed E-state index contributed by atoms with van der Waals surface area (Å²) in [6.45, 7) is 2.03. The molecule has 0 amide bonds. The van der Waals surface area contributed by atoms with Gasteiger partial charge in [0.15, 0.2) is 5.43 Å². The van der Waals surface area contributed by atoms with Crippen LogP contribution >= 0.6 is 0 Å². The van der Waals surface area contributed by atoms with E-state index in [9.17, 15) is 4.79 Å². The monoisotopic (exact) mass is 162 g/mol. The third-order valence-corrected chi connectivity index (χ3v) is 1.96. The van der Waals surface area contributed by atoms with E-state index in [2.05, 4.69) is 5.10 Å². The van der Waals surface area contributed by atoms with Crippen molar-refractivity contribution in [1.29, 1.82) is 0 Å². The fourth-order valence-electron chi connectivity index (χ4n) is 1.38. The zero-order chi connectivity index (χ0) is 8.55. The van der Waals surface area contributed by atoms with Gasteiger partial charge >= 0.3 is 0 Å². The predicted molar refractivity (Wildman–Crippen MR) is 47.4 cm³/mol. The molecular weight excluding hydrogens is 152 g/mol. The van der Waals surface area contributed by atoms with Gasteiger partial charge in [-0.1, -0.05) is 6.92 Å². The quantitative estimate of drug-likeness (QED) is 0.672. The third-order valence-electron chi connectivity index (χ3n) is 1.96. The van der Waals surface area contributed by atoms with Gasteiger partial charge in [-0.15, -0.1) is 0 Å². The standard InChI is InChI=1S/C9H10N2O/c1-2-7-5-9(12)6-8-3-4-10-11(7)8/h3-6,10H,2H2,1H3. The topological polar surface area (TPSA) is 37.3 Å². The fourth-order valence-corrected chi connectivity index (χ4v) is 1.38. The summed E-state index contributed by atoms with van der Waals surface area (Å²) in [6.07, 6.45) is 2.69. The molecule has 0 aliphatic carbocycles. The average Bonchev–Trinajstić information content (AvgIpc) is 2.50. The largest absolute Gasteiger partial charge is 0.301 e. The zero-order valence-electron chi connectivity index (χ0n) is 6.87. The van der Waals surface area contributed by atoms with E-state index in [0.29, 0.717) is 0 Å². The van der Waals surface area contributed by atoms with Crippen LogP contribution < -0.4 is 5.43 Å². The Morgan fingerprint density at radius 1 is 1.50 bits per heavy atom. The molecule has 3 nitrogen and oxygen atoms in total. The molecule has 0 spiro atoms. The van der Waals surface area contributed by atoms with Crippen molar-refractivity contribution in [3.63, 3.8) is 0 Å². The number of rotatable bonds is 1. The van der Waals surface area contributed by atoms with Crippen LogP contribution in [0, 0.1) is 0 Å². The maximum Gasteiger partial charge on any atom is 0.182 e. The van der Waals surface area contributed by atoms with Crippen LogP contribution in [0.15, 0.2) is 29.2 Å². The molecule has 0 fully saturated rings. The molecule has 12 heavy (non-hydrogen) atoms. The fraction of sp³-hybridized carbons (Fsp3) is 0.222. The SMILES string of the molecule is CCc1cc(=O)cc2cc[nH]n12. The van der Waals surface area contributed by atoms with Gasteiger partial charge in [0, 0.05) is 24.0 Å². The van der Waals surface area contributed by atoms with Gasteiger partial charge in [-0.3, -0.25) is 9.31 Å². The lowest BCUT2D eigenvalue weighted by Crippen LogP contribution is -2.05. The molecule has 0 saturated heterocycles. The minimum atomic E-state index is 0.0754. The Balaban J connectivity index is 2.89. The molecule has 2 aromatic rings. The Morgan fingerprint density at radius 2 is 2.33 bits per heavy atom. The van der Waals surface area contributed by atoms with Gasteiger partial charge in [-0.25, -0.2) is 0 Å². The summed E-state index contributed by atoms with van der Waals surface area (Å²) in [5, 5.41) is 3.04. The number of fused-ring (bicyclic) bond motifs is 1. The highest BCUT2D eigenvalue weighted by Crippen LogP contribution is 2.02. The van der Waals surface area contributed by atoms with Crippen LogP contribution in [0.5, 0.6) is 0 Å². The van der Waals surface area contributed by atoms with Gasteiger partial charge in [0.25, 0.3) is 0 Å². The number of hydrogen-bond donors (Lipinski definition) is 1. The maximum absolute atomic E-state index is 11.1. The second-order valence-electron chi connectivity index (χ2n) is 2.76. The summed E-state index contributed by atoms with van der Waals surface area (Å²) in [6, 6.07) is 5.17. The van der Waals surface area contributed by atoms with Gasteiger partial charge < -0.3 is 5.10 Å². The average molecular weight is 162 g/mol. The first-order valence-electron chi connectivity index (χ1n) is 4.00. The lowest BCUT2D eigenvalue weighted by atomic mass is 10.3. The highest BCUT2D eigenvalue weighted by molar-refractivity contribution is 5.46. The molecule has 0 radical (unpaired) electrons. The molecular formula is C9H10N2O. The molecule has 2 rings (SSSR count). The second kappa shape index (κ2) is 2.52. The van der Waals surface area contributed by atoms with E-state index in [4.69, 9.17) is 0 Å². The Bertz CT molecular complexity index is 453. The van der Waals surface area contributed by atoms with Crippen molar-refractivity contribution in [3.05, 3.63) is 40.3 Å². The molecule has 0 unspecified atom stereocenters. The lowest BCUT2D eigenvalue weighted by Gasteiger charge is -2.00. The van der Waals surface area contributed by atoms with Crippen molar-refractivity contribution in [2.24, 2.45) is 0 Å². The number of nitrogens with zero attached hydrogens (tertiary/aromatic N) is 1. The Labute approximate surface area is 69.6 Å². The summed E-state index contributed by atoms with van der Waals surface area (Å²) in [7, 11) is 0. The van der Waals surface area contributed by atoms with Crippen molar-refractivity contribution in [2.45, 2.75) is 13.3 Å². The first-order chi connectivity index (χ1) is 5.81. The van der Waals surface area contributed by atoms with Crippen molar-refractivity contribution in [1.82, 2.24) is 9.61 Å². The van der Waals surface area contributed by atoms with E-state index in [-0.39, 0.29) is 5.43 Å². The normalized spacial score (nSPS) is 10.8. The number of aromatic amines is 1. The number of aromatic nitrogens is 2. The number of H-pyrrole nitrogens is 1. The second-order valence-corrected chi connectivity index (χ2v) is 2.76. The van der Waals surface area contributed by atoms with Crippen molar-refractivity contribution < 1.29 is 0 Å². The minimum Gasteiger partial charge on any atom is -0.301 e. The zero-order valence-corrected chi connectivity index (χ0v) is 6.87. The highest BCUT2D eigenvalue weighted by atomic mass is 16.1. The molecule has 3 heteroatoms. The number of hydrogen-bond acceptors (Lipinski definition) is 1. The Hall–Kier alpha value is -1.51. The summed E-state index contributed by atoms with van der Waals surface area (Å²) in [4.78, 5) is 11.1. The van der Waals surface area contributed by atoms with Crippen LogP contribution in [0.2, 0.25) is 0 Å².